The zero-order valence-electron chi connectivity index (χ0n) is 8.69. The highest BCUT2D eigenvalue weighted by atomic mass is 16.1. The standard InChI is InChI=1S/C10H11N5O/c1-11-9-2-3-12-6-8(9)10(16)15-7-4-13-14-5-7/h2-6H,1H3,(H,11,12)(H,13,14)(H,15,16). The van der Waals surface area contributed by atoms with Crippen molar-refractivity contribution in [3.8, 4) is 0 Å². The quantitative estimate of drug-likeness (QED) is 0.719. The molecule has 0 saturated heterocycles. The zero-order chi connectivity index (χ0) is 11.4. The van der Waals surface area contributed by atoms with Gasteiger partial charge < -0.3 is 10.6 Å². The molecule has 1 amide bonds. The largest absolute Gasteiger partial charge is 0.387 e. The first-order valence-corrected chi connectivity index (χ1v) is 4.73. The summed E-state index contributed by atoms with van der Waals surface area (Å²) in [6.07, 6.45) is 6.28. The molecule has 0 aliphatic heterocycles. The van der Waals surface area contributed by atoms with E-state index in [-0.39, 0.29) is 5.91 Å². The van der Waals surface area contributed by atoms with Crippen LogP contribution in [-0.4, -0.2) is 28.1 Å². The van der Waals surface area contributed by atoms with Gasteiger partial charge in [0, 0.05) is 31.3 Å². The van der Waals surface area contributed by atoms with Crippen molar-refractivity contribution in [2.45, 2.75) is 0 Å². The van der Waals surface area contributed by atoms with Crippen LogP contribution in [0.4, 0.5) is 11.4 Å². The summed E-state index contributed by atoms with van der Waals surface area (Å²) in [7, 11) is 1.75. The lowest BCUT2D eigenvalue weighted by Gasteiger charge is -2.07. The monoisotopic (exact) mass is 217 g/mol. The summed E-state index contributed by atoms with van der Waals surface area (Å²) in [5.74, 6) is -0.223. The van der Waals surface area contributed by atoms with E-state index in [1.165, 1.54) is 12.4 Å². The van der Waals surface area contributed by atoms with Gasteiger partial charge in [-0.1, -0.05) is 0 Å². The zero-order valence-corrected chi connectivity index (χ0v) is 8.69. The van der Waals surface area contributed by atoms with Gasteiger partial charge in [-0.2, -0.15) is 5.10 Å². The van der Waals surface area contributed by atoms with Crippen LogP contribution in [0, 0.1) is 0 Å². The summed E-state index contributed by atoms with van der Waals surface area (Å²) in [5, 5.41) is 12.0. The average molecular weight is 217 g/mol. The molecule has 0 bridgehead atoms. The second kappa shape index (κ2) is 4.43. The molecular weight excluding hydrogens is 206 g/mol. The first kappa shape index (κ1) is 10.2. The molecule has 82 valence electrons. The second-order valence-electron chi connectivity index (χ2n) is 3.11. The number of carbonyl (C=O) groups is 1. The average Bonchev–Trinajstić information content (AvgIpc) is 2.81. The summed E-state index contributed by atoms with van der Waals surface area (Å²) in [5.41, 5.74) is 1.85. The first-order valence-electron chi connectivity index (χ1n) is 4.73. The molecule has 2 aromatic rings. The lowest BCUT2D eigenvalue weighted by molar-refractivity contribution is 0.102. The minimum atomic E-state index is -0.223. The van der Waals surface area contributed by atoms with Crippen LogP contribution >= 0.6 is 0 Å². The topological polar surface area (TPSA) is 82.7 Å². The molecule has 6 nitrogen and oxygen atoms in total. The van der Waals surface area contributed by atoms with Gasteiger partial charge in [0.05, 0.1) is 17.4 Å². The molecule has 2 heterocycles. The highest BCUT2D eigenvalue weighted by Gasteiger charge is 2.10. The lowest BCUT2D eigenvalue weighted by atomic mass is 10.2. The number of aromatic amines is 1. The highest BCUT2D eigenvalue weighted by Crippen LogP contribution is 2.14. The Labute approximate surface area is 92.1 Å². The van der Waals surface area contributed by atoms with Crippen molar-refractivity contribution in [3.63, 3.8) is 0 Å². The van der Waals surface area contributed by atoms with Gasteiger partial charge in [-0.05, 0) is 6.07 Å². The number of amides is 1. The van der Waals surface area contributed by atoms with Gasteiger partial charge in [0.25, 0.3) is 5.91 Å². The molecule has 0 fully saturated rings. The number of nitrogens with zero attached hydrogens (tertiary/aromatic N) is 2. The van der Waals surface area contributed by atoms with Crippen molar-refractivity contribution < 1.29 is 4.79 Å². The van der Waals surface area contributed by atoms with Crippen molar-refractivity contribution in [1.29, 1.82) is 0 Å². The summed E-state index contributed by atoms with van der Waals surface area (Å²) in [4.78, 5) is 15.8. The molecule has 0 radical (unpaired) electrons. The maximum absolute atomic E-state index is 11.9. The van der Waals surface area contributed by atoms with Gasteiger partial charge in [0.15, 0.2) is 0 Å². The molecule has 0 atom stereocenters. The van der Waals surface area contributed by atoms with E-state index in [4.69, 9.17) is 0 Å². The van der Waals surface area contributed by atoms with Crippen molar-refractivity contribution in [3.05, 3.63) is 36.4 Å². The van der Waals surface area contributed by atoms with Gasteiger partial charge in [-0.15, -0.1) is 0 Å². The van der Waals surface area contributed by atoms with E-state index in [2.05, 4.69) is 25.8 Å². The number of H-pyrrole nitrogens is 1. The van der Waals surface area contributed by atoms with Crippen LogP contribution in [0.3, 0.4) is 0 Å². The third kappa shape index (κ3) is 2.00. The fourth-order valence-electron chi connectivity index (χ4n) is 1.31. The highest BCUT2D eigenvalue weighted by molar-refractivity contribution is 6.07. The Morgan fingerprint density at radius 3 is 3.00 bits per heavy atom. The maximum atomic E-state index is 11.9. The minimum Gasteiger partial charge on any atom is -0.387 e. The van der Waals surface area contributed by atoms with Crippen LogP contribution in [0.1, 0.15) is 10.4 Å². The third-order valence-electron chi connectivity index (χ3n) is 2.09. The van der Waals surface area contributed by atoms with Gasteiger partial charge in [0.1, 0.15) is 0 Å². The molecule has 6 heteroatoms. The minimum absolute atomic E-state index is 0.223. The summed E-state index contributed by atoms with van der Waals surface area (Å²) in [6, 6.07) is 1.74. The molecule has 0 aromatic carbocycles. The molecule has 3 N–H and O–H groups in total. The van der Waals surface area contributed by atoms with Crippen LogP contribution in [-0.2, 0) is 0 Å². The number of rotatable bonds is 3. The van der Waals surface area contributed by atoms with Crippen LogP contribution < -0.4 is 10.6 Å². The third-order valence-corrected chi connectivity index (χ3v) is 2.09. The van der Waals surface area contributed by atoms with Crippen molar-refractivity contribution >= 4 is 17.3 Å². The molecule has 0 aliphatic rings. The Morgan fingerprint density at radius 2 is 2.31 bits per heavy atom. The predicted octanol–water partition coefficient (Wildman–Crippen LogP) is 1.10. The fourth-order valence-corrected chi connectivity index (χ4v) is 1.31. The van der Waals surface area contributed by atoms with E-state index in [1.807, 2.05) is 0 Å². The van der Waals surface area contributed by atoms with E-state index in [9.17, 15) is 4.79 Å². The van der Waals surface area contributed by atoms with E-state index >= 15 is 0 Å². The predicted molar refractivity (Wildman–Crippen MR) is 60.3 cm³/mol. The number of anilines is 2. The number of nitrogens with one attached hydrogen (secondary N) is 3. The number of hydrogen-bond donors (Lipinski definition) is 3. The summed E-state index contributed by atoms with van der Waals surface area (Å²) < 4.78 is 0. The van der Waals surface area contributed by atoms with Gasteiger partial charge in [-0.25, -0.2) is 0 Å². The van der Waals surface area contributed by atoms with E-state index in [0.717, 1.165) is 5.69 Å². The Balaban J connectivity index is 2.21. The number of aromatic nitrogens is 3. The summed E-state index contributed by atoms with van der Waals surface area (Å²) in [6.45, 7) is 0. The number of carbonyl (C=O) groups excluding carboxylic acids is 1. The number of pyridine rings is 1. The van der Waals surface area contributed by atoms with E-state index in [0.29, 0.717) is 11.3 Å². The lowest BCUT2D eigenvalue weighted by Crippen LogP contribution is -2.13. The van der Waals surface area contributed by atoms with E-state index in [1.54, 1.807) is 25.5 Å². The van der Waals surface area contributed by atoms with Crippen LogP contribution in [0.15, 0.2) is 30.9 Å². The normalized spacial score (nSPS) is 9.81. The first-order chi connectivity index (χ1) is 7.81. The summed E-state index contributed by atoms with van der Waals surface area (Å²) >= 11 is 0. The van der Waals surface area contributed by atoms with Crippen molar-refractivity contribution in [2.75, 3.05) is 17.7 Å². The molecule has 16 heavy (non-hydrogen) atoms. The van der Waals surface area contributed by atoms with Crippen LogP contribution in [0.2, 0.25) is 0 Å². The molecule has 0 aliphatic carbocycles. The van der Waals surface area contributed by atoms with Crippen molar-refractivity contribution in [2.24, 2.45) is 0 Å². The van der Waals surface area contributed by atoms with Gasteiger partial charge in [0.2, 0.25) is 0 Å². The molecule has 0 saturated carbocycles. The Hall–Kier alpha value is -2.37. The van der Waals surface area contributed by atoms with Crippen LogP contribution in [0.25, 0.3) is 0 Å². The van der Waals surface area contributed by atoms with E-state index < -0.39 is 0 Å². The maximum Gasteiger partial charge on any atom is 0.259 e. The number of hydrogen-bond acceptors (Lipinski definition) is 4. The van der Waals surface area contributed by atoms with Crippen LogP contribution in [0.5, 0.6) is 0 Å². The molecule has 0 spiro atoms. The Morgan fingerprint density at radius 1 is 1.44 bits per heavy atom. The van der Waals surface area contributed by atoms with Crippen molar-refractivity contribution in [1.82, 2.24) is 15.2 Å². The smallest absolute Gasteiger partial charge is 0.259 e. The molecule has 2 aromatic heterocycles. The molecule has 2 rings (SSSR count). The Bertz CT molecular complexity index is 480. The molecular formula is C10H11N5O. The second-order valence-corrected chi connectivity index (χ2v) is 3.11. The SMILES string of the molecule is CNc1ccncc1C(=O)Nc1cn[nH]c1. The molecule has 0 unspecified atom stereocenters. The Kier molecular flexibility index (Phi) is 2.81. The van der Waals surface area contributed by atoms with Gasteiger partial charge >= 0.3 is 0 Å². The van der Waals surface area contributed by atoms with Gasteiger partial charge in [-0.3, -0.25) is 14.9 Å². The fraction of sp³-hybridized carbons (Fsp3) is 0.100.